The highest BCUT2D eigenvalue weighted by atomic mass is 16.5. The summed E-state index contributed by atoms with van der Waals surface area (Å²) >= 11 is 0. The molecule has 0 saturated heterocycles. The largest absolute Gasteiger partial charge is 0.497 e. The first kappa shape index (κ1) is 14.7. The Morgan fingerprint density at radius 2 is 1.81 bits per heavy atom. The fraction of sp³-hybridized carbons (Fsp3) is 0.118. The van der Waals surface area contributed by atoms with E-state index in [0.29, 0.717) is 22.8 Å². The zero-order valence-corrected chi connectivity index (χ0v) is 11.9. The molecular weight excluding hydrogens is 268 g/mol. The van der Waals surface area contributed by atoms with Crippen molar-refractivity contribution in [2.75, 3.05) is 7.11 Å². The maximum Gasteiger partial charge on any atom is 0.336 e. The minimum absolute atomic E-state index is 0.202. The number of para-hydroxylation sites is 1. The van der Waals surface area contributed by atoms with Crippen LogP contribution in [0.5, 0.6) is 17.2 Å². The van der Waals surface area contributed by atoms with E-state index >= 15 is 0 Å². The zero-order valence-electron chi connectivity index (χ0n) is 11.9. The second-order valence-electron chi connectivity index (χ2n) is 4.28. The lowest BCUT2D eigenvalue weighted by atomic mass is 10.0. The maximum atomic E-state index is 11.3. The van der Waals surface area contributed by atoms with Gasteiger partial charge in [-0.15, -0.1) is 0 Å². The van der Waals surface area contributed by atoms with Gasteiger partial charge in [-0.05, 0) is 25.1 Å². The summed E-state index contributed by atoms with van der Waals surface area (Å²) in [5.41, 5.74) is 0.740. The van der Waals surface area contributed by atoms with E-state index in [4.69, 9.17) is 9.47 Å². The highest BCUT2D eigenvalue weighted by Crippen LogP contribution is 2.31. The van der Waals surface area contributed by atoms with Gasteiger partial charge in [-0.3, -0.25) is 0 Å². The van der Waals surface area contributed by atoms with E-state index in [9.17, 15) is 9.90 Å². The molecule has 4 heteroatoms. The highest BCUT2D eigenvalue weighted by molar-refractivity contribution is 6.16. The number of ether oxygens (including phenoxy) is 2. The van der Waals surface area contributed by atoms with E-state index in [1.54, 1.807) is 56.5 Å². The molecule has 0 bridgehead atoms. The maximum absolute atomic E-state index is 11.3. The van der Waals surface area contributed by atoms with Crippen molar-refractivity contribution in [3.05, 3.63) is 60.2 Å². The predicted octanol–water partition coefficient (Wildman–Crippen LogP) is 3.98. The van der Waals surface area contributed by atoms with Gasteiger partial charge in [0, 0.05) is 11.6 Å². The molecule has 0 radical (unpaired) electrons. The molecule has 108 valence electrons. The third-order valence-corrected chi connectivity index (χ3v) is 2.97. The van der Waals surface area contributed by atoms with E-state index in [-0.39, 0.29) is 5.57 Å². The number of rotatable bonds is 5. The van der Waals surface area contributed by atoms with Crippen LogP contribution in [0.15, 0.2) is 54.6 Å². The molecule has 0 unspecified atom stereocenters. The number of hydrogen-bond acceptors (Lipinski definition) is 3. The summed E-state index contributed by atoms with van der Waals surface area (Å²) in [7, 11) is 1.58. The molecule has 21 heavy (non-hydrogen) atoms. The van der Waals surface area contributed by atoms with Crippen LogP contribution in [-0.4, -0.2) is 18.2 Å². The zero-order chi connectivity index (χ0) is 15.2. The molecule has 0 aliphatic rings. The third-order valence-electron chi connectivity index (χ3n) is 2.97. The van der Waals surface area contributed by atoms with Gasteiger partial charge >= 0.3 is 5.97 Å². The molecule has 1 N–H and O–H groups in total. The van der Waals surface area contributed by atoms with Gasteiger partial charge in [-0.2, -0.15) is 0 Å². The number of aliphatic carboxylic acids is 1. The molecule has 0 fully saturated rings. The van der Waals surface area contributed by atoms with Crippen LogP contribution in [0.4, 0.5) is 0 Å². The van der Waals surface area contributed by atoms with Crippen LogP contribution in [0.2, 0.25) is 0 Å². The van der Waals surface area contributed by atoms with Gasteiger partial charge in [-0.1, -0.05) is 30.3 Å². The monoisotopic (exact) mass is 284 g/mol. The Kier molecular flexibility index (Phi) is 4.61. The fourth-order valence-electron chi connectivity index (χ4n) is 1.96. The van der Waals surface area contributed by atoms with Crippen molar-refractivity contribution >= 4 is 11.5 Å². The third kappa shape index (κ3) is 3.42. The molecule has 2 aromatic carbocycles. The Hall–Kier alpha value is -2.75. The Balaban J connectivity index is 2.38. The van der Waals surface area contributed by atoms with Crippen LogP contribution in [0.1, 0.15) is 12.5 Å². The first-order chi connectivity index (χ1) is 10.2. The van der Waals surface area contributed by atoms with Crippen LogP contribution < -0.4 is 9.47 Å². The topological polar surface area (TPSA) is 55.8 Å². The molecule has 0 aromatic heterocycles. The van der Waals surface area contributed by atoms with Crippen LogP contribution in [-0.2, 0) is 4.79 Å². The minimum Gasteiger partial charge on any atom is -0.497 e. The molecule has 0 atom stereocenters. The van der Waals surface area contributed by atoms with Gasteiger partial charge in [0.15, 0.2) is 0 Å². The van der Waals surface area contributed by atoms with E-state index in [0.717, 1.165) is 0 Å². The molecule has 4 nitrogen and oxygen atoms in total. The van der Waals surface area contributed by atoms with Crippen molar-refractivity contribution in [3.63, 3.8) is 0 Å². The van der Waals surface area contributed by atoms with Crippen LogP contribution in [0.3, 0.4) is 0 Å². The number of benzene rings is 2. The summed E-state index contributed by atoms with van der Waals surface area (Å²) in [6.07, 6.45) is 1.55. The second kappa shape index (κ2) is 6.61. The molecule has 0 amide bonds. The van der Waals surface area contributed by atoms with E-state index < -0.39 is 5.97 Å². The Bertz CT molecular complexity index is 674. The van der Waals surface area contributed by atoms with Gasteiger partial charge in [-0.25, -0.2) is 4.79 Å². The number of carboxylic acid groups (broad SMARTS) is 1. The first-order valence-corrected chi connectivity index (χ1v) is 6.46. The van der Waals surface area contributed by atoms with Gasteiger partial charge in [0.1, 0.15) is 17.2 Å². The lowest BCUT2D eigenvalue weighted by Gasteiger charge is -2.12. The van der Waals surface area contributed by atoms with Crippen molar-refractivity contribution < 1.29 is 19.4 Å². The molecular formula is C17H16O4. The normalized spacial score (nSPS) is 11.0. The lowest BCUT2D eigenvalue weighted by molar-refractivity contribution is -0.130. The Morgan fingerprint density at radius 1 is 1.10 bits per heavy atom. The van der Waals surface area contributed by atoms with Crippen molar-refractivity contribution in [3.8, 4) is 17.2 Å². The molecule has 0 saturated carbocycles. The summed E-state index contributed by atoms with van der Waals surface area (Å²) in [5, 5.41) is 9.26. The quantitative estimate of drug-likeness (QED) is 0.844. The van der Waals surface area contributed by atoms with Crippen molar-refractivity contribution in [1.29, 1.82) is 0 Å². The van der Waals surface area contributed by atoms with E-state index in [1.165, 1.54) is 0 Å². The predicted molar refractivity (Wildman–Crippen MR) is 80.8 cm³/mol. The standard InChI is InChI=1S/C17H16O4/c1-3-14(17(18)19)15-9-4-5-10-16(15)21-13-8-6-7-12(11-13)20-2/h3-11H,1-2H3,(H,18,19)/b14-3+. The van der Waals surface area contributed by atoms with Crippen molar-refractivity contribution in [2.45, 2.75) is 6.92 Å². The fourth-order valence-corrected chi connectivity index (χ4v) is 1.96. The molecule has 0 aliphatic heterocycles. The summed E-state index contributed by atoms with van der Waals surface area (Å²) in [4.78, 5) is 11.3. The molecule has 0 spiro atoms. The van der Waals surface area contributed by atoms with Crippen LogP contribution in [0, 0.1) is 0 Å². The number of hydrogen-bond donors (Lipinski definition) is 1. The SMILES string of the molecule is C/C=C(/C(=O)O)c1ccccc1Oc1cccc(OC)c1. The average Bonchev–Trinajstić information content (AvgIpc) is 2.49. The van der Waals surface area contributed by atoms with Crippen LogP contribution in [0.25, 0.3) is 5.57 Å². The number of allylic oxidation sites excluding steroid dienone is 1. The molecule has 0 heterocycles. The Labute approximate surface area is 123 Å². The summed E-state index contributed by atoms with van der Waals surface area (Å²) < 4.78 is 10.9. The van der Waals surface area contributed by atoms with E-state index in [1.807, 2.05) is 12.1 Å². The van der Waals surface area contributed by atoms with Gasteiger partial charge in [0.05, 0.1) is 12.7 Å². The summed E-state index contributed by atoms with van der Waals surface area (Å²) in [6.45, 7) is 1.69. The minimum atomic E-state index is -0.987. The van der Waals surface area contributed by atoms with Gasteiger partial charge in [0.25, 0.3) is 0 Å². The van der Waals surface area contributed by atoms with Gasteiger partial charge < -0.3 is 14.6 Å². The highest BCUT2D eigenvalue weighted by Gasteiger charge is 2.14. The van der Waals surface area contributed by atoms with Crippen molar-refractivity contribution in [2.24, 2.45) is 0 Å². The number of carbonyl (C=O) groups is 1. The summed E-state index contributed by atoms with van der Waals surface area (Å²) in [6, 6.07) is 14.2. The summed E-state index contributed by atoms with van der Waals surface area (Å²) in [5.74, 6) is 0.762. The molecule has 2 rings (SSSR count). The first-order valence-electron chi connectivity index (χ1n) is 6.46. The lowest BCUT2D eigenvalue weighted by Crippen LogP contribution is -2.01. The van der Waals surface area contributed by atoms with E-state index in [2.05, 4.69) is 0 Å². The molecule has 0 aliphatic carbocycles. The van der Waals surface area contributed by atoms with Gasteiger partial charge in [0.2, 0.25) is 0 Å². The average molecular weight is 284 g/mol. The molecule has 2 aromatic rings. The second-order valence-corrected chi connectivity index (χ2v) is 4.28. The number of methoxy groups -OCH3 is 1. The Morgan fingerprint density at radius 3 is 2.48 bits per heavy atom. The smallest absolute Gasteiger partial charge is 0.336 e. The van der Waals surface area contributed by atoms with Crippen LogP contribution >= 0.6 is 0 Å². The number of carboxylic acids is 1. The van der Waals surface area contributed by atoms with Crippen molar-refractivity contribution in [1.82, 2.24) is 0 Å².